The fraction of sp³-hybridized carbons (Fsp3) is 0.600. The van der Waals surface area contributed by atoms with Gasteiger partial charge >= 0.3 is 19.8 Å². The van der Waals surface area contributed by atoms with Gasteiger partial charge in [0.15, 0.2) is 0 Å². The summed E-state index contributed by atoms with van der Waals surface area (Å²) >= 11 is 0. The van der Waals surface area contributed by atoms with E-state index in [9.17, 15) is 19.0 Å². The Kier molecular flexibility index (Phi) is 9.24. The van der Waals surface area contributed by atoms with Crippen LogP contribution in [0.25, 0.3) is 0 Å². The summed E-state index contributed by atoms with van der Waals surface area (Å²) in [6.07, 6.45) is 0.295. The van der Waals surface area contributed by atoms with Gasteiger partial charge in [-0.05, 0) is 19.9 Å². The van der Waals surface area contributed by atoms with Gasteiger partial charge in [0.05, 0.1) is 27.7 Å². The lowest BCUT2D eigenvalue weighted by atomic mass is 10.2. The van der Waals surface area contributed by atoms with Crippen LogP contribution in [0.15, 0.2) is 23.8 Å². The molecule has 0 fully saturated rings. The first kappa shape index (κ1) is 23.5. The number of carbonyl (C=O) groups excluding carboxylic acids is 1. The standard InChI is InChI=1S/C15H26NO8P/c1-11(2)15(19)22-7-8-23-25(20,21)24-13(10-16(4,5)6)9-12(3)14(17)18/h9,13H,1,7-8,10H2,2-6H3,(H-,17,18,20,21)/p+1. The van der Waals surface area contributed by atoms with E-state index >= 15 is 0 Å². The van der Waals surface area contributed by atoms with E-state index in [4.69, 9.17) is 18.9 Å². The summed E-state index contributed by atoms with van der Waals surface area (Å²) in [6, 6.07) is 0. The summed E-state index contributed by atoms with van der Waals surface area (Å²) in [5.41, 5.74) is 0.176. The van der Waals surface area contributed by atoms with E-state index in [1.165, 1.54) is 19.9 Å². The third kappa shape index (κ3) is 11.6. The molecular formula is C15H27NO8P+. The number of quaternary nitrogens is 1. The quantitative estimate of drug-likeness (QED) is 0.181. The van der Waals surface area contributed by atoms with Crippen molar-refractivity contribution in [3.63, 3.8) is 0 Å². The Hall–Kier alpha value is -1.51. The monoisotopic (exact) mass is 380 g/mol. The summed E-state index contributed by atoms with van der Waals surface area (Å²) in [4.78, 5) is 31.9. The third-order valence-electron chi connectivity index (χ3n) is 2.69. The fourth-order valence-corrected chi connectivity index (χ4v) is 2.45. The predicted octanol–water partition coefficient (Wildman–Crippen LogP) is 1.34. The fourth-order valence-electron chi connectivity index (χ4n) is 1.62. The van der Waals surface area contributed by atoms with Crippen molar-refractivity contribution in [3.8, 4) is 0 Å². The highest BCUT2D eigenvalue weighted by Crippen LogP contribution is 2.44. The zero-order valence-corrected chi connectivity index (χ0v) is 16.1. The highest BCUT2D eigenvalue weighted by atomic mass is 31.2. The van der Waals surface area contributed by atoms with Gasteiger partial charge in [0.1, 0.15) is 19.3 Å². The summed E-state index contributed by atoms with van der Waals surface area (Å²) in [7, 11) is 0.994. The van der Waals surface area contributed by atoms with Crippen molar-refractivity contribution >= 4 is 19.8 Å². The highest BCUT2D eigenvalue weighted by Gasteiger charge is 2.29. The Bertz CT molecular complexity index is 579. The molecule has 0 aliphatic carbocycles. The molecule has 0 aliphatic heterocycles. The maximum Gasteiger partial charge on any atom is 0.473 e. The van der Waals surface area contributed by atoms with Crippen LogP contribution in [0.4, 0.5) is 0 Å². The van der Waals surface area contributed by atoms with Crippen LogP contribution in [-0.4, -0.2) is 73.4 Å². The van der Waals surface area contributed by atoms with Crippen molar-refractivity contribution in [1.29, 1.82) is 0 Å². The molecule has 0 saturated carbocycles. The summed E-state index contributed by atoms with van der Waals surface area (Å²) in [6.45, 7) is 5.86. The second-order valence-corrected chi connectivity index (χ2v) is 7.90. The van der Waals surface area contributed by atoms with E-state index in [1.54, 1.807) is 0 Å². The molecule has 0 amide bonds. The molecule has 144 valence electrons. The number of phosphoric acid groups is 1. The number of hydrogen-bond acceptors (Lipinski definition) is 6. The van der Waals surface area contributed by atoms with Crippen molar-refractivity contribution in [2.24, 2.45) is 0 Å². The van der Waals surface area contributed by atoms with E-state index in [1.807, 2.05) is 21.1 Å². The van der Waals surface area contributed by atoms with Crippen LogP contribution in [0.5, 0.6) is 0 Å². The molecule has 25 heavy (non-hydrogen) atoms. The molecule has 0 aliphatic rings. The van der Waals surface area contributed by atoms with Crippen molar-refractivity contribution in [3.05, 3.63) is 23.8 Å². The molecule has 0 aromatic rings. The van der Waals surface area contributed by atoms with Crippen LogP contribution in [0.3, 0.4) is 0 Å². The highest BCUT2D eigenvalue weighted by molar-refractivity contribution is 7.47. The van der Waals surface area contributed by atoms with Gasteiger partial charge < -0.3 is 19.2 Å². The van der Waals surface area contributed by atoms with Gasteiger partial charge in [-0.2, -0.15) is 0 Å². The molecule has 2 atom stereocenters. The number of hydrogen-bond donors (Lipinski definition) is 2. The molecule has 0 heterocycles. The second kappa shape index (κ2) is 9.84. The maximum atomic E-state index is 12.0. The molecule has 0 spiro atoms. The Balaban J connectivity index is 4.81. The third-order valence-corrected chi connectivity index (χ3v) is 3.73. The smallest absolute Gasteiger partial charge is 0.473 e. The molecule has 0 radical (unpaired) electrons. The molecule has 10 heteroatoms. The van der Waals surface area contributed by atoms with Crippen molar-refractivity contribution in [1.82, 2.24) is 0 Å². The van der Waals surface area contributed by atoms with Crippen LogP contribution in [0.1, 0.15) is 13.8 Å². The van der Waals surface area contributed by atoms with Crippen molar-refractivity contribution in [2.45, 2.75) is 20.0 Å². The van der Waals surface area contributed by atoms with E-state index in [2.05, 4.69) is 6.58 Å². The van der Waals surface area contributed by atoms with Gasteiger partial charge in [0, 0.05) is 11.1 Å². The van der Waals surface area contributed by atoms with Crippen LogP contribution >= 0.6 is 7.82 Å². The molecule has 2 unspecified atom stereocenters. The van der Waals surface area contributed by atoms with Gasteiger partial charge in [-0.3, -0.25) is 9.05 Å². The predicted molar refractivity (Wildman–Crippen MR) is 90.7 cm³/mol. The first-order chi connectivity index (χ1) is 11.2. The second-order valence-electron chi connectivity index (χ2n) is 6.49. The Labute approximate surface area is 147 Å². The number of carboxylic acids is 1. The summed E-state index contributed by atoms with van der Waals surface area (Å²) in [5.74, 6) is -1.80. The first-order valence-corrected chi connectivity index (χ1v) is 8.93. The normalized spacial score (nSPS) is 16.0. The Morgan fingerprint density at radius 1 is 1.24 bits per heavy atom. The molecule has 0 aromatic heterocycles. The minimum Gasteiger partial charge on any atom is -0.478 e. The zero-order chi connectivity index (χ0) is 19.8. The van der Waals surface area contributed by atoms with Crippen LogP contribution < -0.4 is 0 Å². The number of carboxylic acid groups (broad SMARTS) is 1. The number of carbonyl (C=O) groups is 2. The molecule has 0 saturated heterocycles. The molecular weight excluding hydrogens is 353 g/mol. The minimum atomic E-state index is -4.47. The number of aliphatic carboxylic acids is 1. The molecule has 0 bridgehead atoms. The number of nitrogens with zero attached hydrogens (tertiary/aromatic N) is 1. The molecule has 2 N–H and O–H groups in total. The zero-order valence-electron chi connectivity index (χ0n) is 15.2. The average Bonchev–Trinajstić information content (AvgIpc) is 2.40. The number of ether oxygens (including phenoxy) is 1. The Morgan fingerprint density at radius 3 is 2.24 bits per heavy atom. The van der Waals surface area contributed by atoms with Gasteiger partial charge in [0.2, 0.25) is 0 Å². The van der Waals surface area contributed by atoms with E-state index in [-0.39, 0.29) is 30.9 Å². The van der Waals surface area contributed by atoms with Gasteiger partial charge in [-0.1, -0.05) is 6.58 Å². The van der Waals surface area contributed by atoms with Gasteiger partial charge in [-0.25, -0.2) is 14.2 Å². The van der Waals surface area contributed by atoms with Crippen LogP contribution in [0, 0.1) is 0 Å². The first-order valence-electron chi connectivity index (χ1n) is 7.44. The minimum absolute atomic E-state index is 0.0196. The lowest BCUT2D eigenvalue weighted by Gasteiger charge is -2.28. The van der Waals surface area contributed by atoms with Crippen LogP contribution in [0.2, 0.25) is 0 Å². The maximum absolute atomic E-state index is 12.0. The summed E-state index contributed by atoms with van der Waals surface area (Å²) in [5, 5.41) is 8.95. The van der Waals surface area contributed by atoms with E-state index in [0.717, 1.165) is 0 Å². The van der Waals surface area contributed by atoms with Crippen LogP contribution in [-0.2, 0) is 27.9 Å². The van der Waals surface area contributed by atoms with Gasteiger partial charge in [-0.15, -0.1) is 0 Å². The lowest BCUT2D eigenvalue weighted by Crippen LogP contribution is -2.41. The topological polar surface area (TPSA) is 119 Å². The average molecular weight is 380 g/mol. The van der Waals surface area contributed by atoms with Crippen molar-refractivity contribution in [2.75, 3.05) is 40.9 Å². The van der Waals surface area contributed by atoms with Crippen molar-refractivity contribution < 1.29 is 42.4 Å². The van der Waals surface area contributed by atoms with E-state index in [0.29, 0.717) is 4.48 Å². The SMILES string of the molecule is C=C(C)C(=O)OCCOP(=O)(O)OC(C=C(C)C(=O)O)C[N+](C)(C)C. The molecule has 0 aromatic carbocycles. The molecule has 0 rings (SSSR count). The molecule has 9 nitrogen and oxygen atoms in total. The van der Waals surface area contributed by atoms with Gasteiger partial charge in [0.25, 0.3) is 0 Å². The lowest BCUT2D eigenvalue weighted by molar-refractivity contribution is -0.872. The largest absolute Gasteiger partial charge is 0.478 e. The summed E-state index contributed by atoms with van der Waals surface area (Å²) < 4.78 is 26.9. The number of phosphoric ester groups is 1. The van der Waals surface area contributed by atoms with E-state index < -0.39 is 25.9 Å². The number of rotatable bonds is 11. The number of likely N-dealkylation sites (N-methyl/N-ethyl adjacent to an activating group) is 1. The number of esters is 1. The Morgan fingerprint density at radius 2 is 1.80 bits per heavy atom.